The molecule has 5 rings (SSSR count). The fourth-order valence-corrected chi connectivity index (χ4v) is 7.22. The molecule has 0 aromatic heterocycles. The summed E-state index contributed by atoms with van der Waals surface area (Å²) in [5.41, 5.74) is 0.822. The highest BCUT2D eigenvalue weighted by Gasteiger charge is 2.50. The molecule has 0 atom stereocenters. The largest absolute Gasteiger partial charge is 0.493 e. The van der Waals surface area contributed by atoms with Gasteiger partial charge < -0.3 is 4.74 Å². The maximum Gasteiger partial charge on any atom is 0.129 e. The van der Waals surface area contributed by atoms with E-state index in [-0.39, 0.29) is 5.75 Å². The Bertz CT molecular complexity index is 635. The third-order valence-corrected chi connectivity index (χ3v) is 7.79. The van der Waals surface area contributed by atoms with E-state index >= 15 is 0 Å². The lowest BCUT2D eigenvalue weighted by Gasteiger charge is -2.57. The first-order valence-electron chi connectivity index (χ1n) is 13.3. The zero-order valence-electron chi connectivity index (χ0n) is 21.0. The lowest BCUT2D eigenvalue weighted by Crippen LogP contribution is -2.46. The number of hydrogen-bond donors (Lipinski definition) is 0. The van der Waals surface area contributed by atoms with E-state index in [0.717, 1.165) is 53.9 Å². The topological polar surface area (TPSA) is 9.23 Å². The number of ether oxygens (including phenoxy) is 1. The Labute approximate surface area is 195 Å². The molecule has 0 heterocycles. The van der Waals surface area contributed by atoms with Crippen molar-refractivity contribution in [3.8, 4) is 5.75 Å². The molecule has 4 aliphatic carbocycles. The van der Waals surface area contributed by atoms with Gasteiger partial charge in [-0.2, -0.15) is 0 Å². The van der Waals surface area contributed by atoms with E-state index in [4.69, 9.17) is 4.74 Å². The Hall–Kier alpha value is -1.12. The summed E-state index contributed by atoms with van der Waals surface area (Å²) in [5.74, 6) is 4.18. The van der Waals surface area contributed by atoms with E-state index < -0.39 is 11.6 Å². The molecule has 4 aliphatic rings. The van der Waals surface area contributed by atoms with Gasteiger partial charge in [0.25, 0.3) is 0 Å². The zero-order valence-corrected chi connectivity index (χ0v) is 21.0. The smallest absolute Gasteiger partial charge is 0.129 e. The van der Waals surface area contributed by atoms with Gasteiger partial charge in [0.2, 0.25) is 0 Å². The van der Waals surface area contributed by atoms with Crippen molar-refractivity contribution in [2.45, 2.75) is 105 Å². The summed E-state index contributed by atoms with van der Waals surface area (Å²) < 4.78 is 31.0. The van der Waals surface area contributed by atoms with E-state index in [0.29, 0.717) is 6.61 Å². The standard InChI is InChI=1S/C15H22F2O.C14H24/c1-12(2)7-5-3-4-6-8-18-15-10-13(16)9-14(17)11-15;1-10(2)6-14-7-11-3-12(8-14)5-13(4-11)9-14/h9-12H,3-8H2,1-2H3;10-13H,3-9H2,1-2H3. The number of halogens is 2. The minimum absolute atomic E-state index is 0.273. The van der Waals surface area contributed by atoms with Gasteiger partial charge >= 0.3 is 0 Å². The molecule has 0 saturated heterocycles. The molecule has 0 amide bonds. The van der Waals surface area contributed by atoms with Crippen LogP contribution in [0, 0.1) is 46.6 Å². The Balaban J connectivity index is 0.000000185. The number of rotatable bonds is 10. The van der Waals surface area contributed by atoms with Gasteiger partial charge in [-0.3, -0.25) is 0 Å². The molecule has 0 N–H and O–H groups in total. The molecular weight excluding hydrogens is 402 g/mol. The van der Waals surface area contributed by atoms with Gasteiger partial charge in [0.1, 0.15) is 17.4 Å². The molecule has 1 nitrogen and oxygen atoms in total. The minimum atomic E-state index is -0.595. The maximum atomic E-state index is 12.9. The third-order valence-electron chi connectivity index (χ3n) is 7.79. The summed E-state index contributed by atoms with van der Waals surface area (Å²) in [4.78, 5) is 0. The molecular formula is C29H46F2O. The quantitative estimate of drug-likeness (QED) is 0.324. The Morgan fingerprint density at radius 2 is 1.31 bits per heavy atom. The molecule has 4 saturated carbocycles. The van der Waals surface area contributed by atoms with Gasteiger partial charge in [-0.1, -0.05) is 53.4 Å². The summed E-state index contributed by atoms with van der Waals surface area (Å²) in [7, 11) is 0. The number of benzene rings is 1. The van der Waals surface area contributed by atoms with Crippen LogP contribution in [0.5, 0.6) is 5.75 Å². The van der Waals surface area contributed by atoms with E-state index in [2.05, 4.69) is 27.7 Å². The van der Waals surface area contributed by atoms with E-state index in [1.54, 1.807) is 38.5 Å². The van der Waals surface area contributed by atoms with Gasteiger partial charge in [0.05, 0.1) is 6.61 Å². The predicted octanol–water partition coefficient (Wildman–Crippen LogP) is 9.20. The van der Waals surface area contributed by atoms with Crippen molar-refractivity contribution in [1.29, 1.82) is 0 Å². The Morgan fingerprint density at radius 3 is 1.81 bits per heavy atom. The van der Waals surface area contributed by atoms with Crippen LogP contribution in [0.3, 0.4) is 0 Å². The summed E-state index contributed by atoms with van der Waals surface area (Å²) >= 11 is 0. The second kappa shape index (κ2) is 11.8. The highest BCUT2D eigenvalue weighted by Crippen LogP contribution is 2.61. The van der Waals surface area contributed by atoms with Crippen molar-refractivity contribution in [2.75, 3.05) is 6.61 Å². The van der Waals surface area contributed by atoms with Crippen molar-refractivity contribution < 1.29 is 13.5 Å². The van der Waals surface area contributed by atoms with Crippen molar-refractivity contribution in [3.63, 3.8) is 0 Å². The molecule has 0 spiro atoms. The van der Waals surface area contributed by atoms with Crippen molar-refractivity contribution >= 4 is 0 Å². The van der Waals surface area contributed by atoms with Gasteiger partial charge in [0, 0.05) is 18.2 Å². The van der Waals surface area contributed by atoms with Gasteiger partial charge in [-0.15, -0.1) is 0 Å². The minimum Gasteiger partial charge on any atom is -0.493 e. The van der Waals surface area contributed by atoms with Gasteiger partial charge in [-0.05, 0) is 86.4 Å². The Kier molecular flexibility index (Phi) is 9.44. The molecule has 0 unspecified atom stereocenters. The third kappa shape index (κ3) is 8.03. The first-order valence-corrected chi connectivity index (χ1v) is 13.3. The molecule has 1 aromatic carbocycles. The molecule has 3 heteroatoms. The molecule has 4 fully saturated rings. The summed E-state index contributed by atoms with van der Waals surface area (Å²) in [6.07, 6.45) is 16.8. The number of unbranched alkanes of at least 4 members (excludes halogenated alkanes) is 3. The normalized spacial score (nSPS) is 28.2. The van der Waals surface area contributed by atoms with Crippen molar-refractivity contribution in [1.82, 2.24) is 0 Å². The first-order chi connectivity index (χ1) is 15.2. The summed E-state index contributed by atoms with van der Waals surface area (Å²) in [6, 6.07) is 3.27. The van der Waals surface area contributed by atoms with Crippen molar-refractivity contribution in [3.05, 3.63) is 29.8 Å². The highest BCUT2D eigenvalue weighted by atomic mass is 19.1. The van der Waals surface area contributed by atoms with Crippen LogP contribution < -0.4 is 4.74 Å². The molecule has 32 heavy (non-hydrogen) atoms. The van der Waals surface area contributed by atoms with Crippen LogP contribution in [-0.4, -0.2) is 6.61 Å². The zero-order chi connectivity index (χ0) is 23.1. The van der Waals surface area contributed by atoms with E-state index in [9.17, 15) is 8.78 Å². The van der Waals surface area contributed by atoms with Crippen LogP contribution in [0.25, 0.3) is 0 Å². The van der Waals surface area contributed by atoms with Crippen LogP contribution in [0.15, 0.2) is 18.2 Å². The average Bonchev–Trinajstić information content (AvgIpc) is 2.64. The fraction of sp³-hybridized carbons (Fsp3) is 0.793. The van der Waals surface area contributed by atoms with Crippen LogP contribution in [0.4, 0.5) is 8.78 Å². The lowest BCUT2D eigenvalue weighted by atomic mass is 9.48. The monoisotopic (exact) mass is 448 g/mol. The predicted molar refractivity (Wildman–Crippen MR) is 130 cm³/mol. The van der Waals surface area contributed by atoms with E-state index in [1.165, 1.54) is 37.8 Å². The average molecular weight is 449 g/mol. The first kappa shape index (κ1) is 25.5. The van der Waals surface area contributed by atoms with Crippen LogP contribution in [0.2, 0.25) is 0 Å². The van der Waals surface area contributed by atoms with Crippen LogP contribution in [-0.2, 0) is 0 Å². The molecule has 4 bridgehead atoms. The fourth-order valence-electron chi connectivity index (χ4n) is 7.22. The summed E-state index contributed by atoms with van der Waals surface area (Å²) in [5, 5.41) is 0. The molecule has 182 valence electrons. The van der Waals surface area contributed by atoms with Gasteiger partial charge in [-0.25, -0.2) is 8.78 Å². The van der Waals surface area contributed by atoms with E-state index in [1.807, 2.05) is 0 Å². The Morgan fingerprint density at radius 1 is 0.781 bits per heavy atom. The second-order valence-corrected chi connectivity index (χ2v) is 12.1. The summed E-state index contributed by atoms with van der Waals surface area (Å²) in [6.45, 7) is 9.80. The molecule has 0 radical (unpaired) electrons. The lowest BCUT2D eigenvalue weighted by molar-refractivity contribution is -0.0632. The van der Waals surface area contributed by atoms with Crippen LogP contribution in [0.1, 0.15) is 105 Å². The van der Waals surface area contributed by atoms with Crippen molar-refractivity contribution in [2.24, 2.45) is 35.0 Å². The van der Waals surface area contributed by atoms with Crippen LogP contribution >= 0.6 is 0 Å². The second-order valence-electron chi connectivity index (χ2n) is 12.1. The molecule has 1 aromatic rings. The SMILES string of the molecule is CC(C)CC12CC3CC(CC(C3)C1)C2.CC(C)CCCCCCOc1cc(F)cc(F)c1. The molecule has 0 aliphatic heterocycles. The van der Waals surface area contributed by atoms with Gasteiger partial charge in [0.15, 0.2) is 0 Å². The maximum absolute atomic E-state index is 12.9. The highest BCUT2D eigenvalue weighted by molar-refractivity contribution is 5.23. The number of hydrogen-bond acceptors (Lipinski definition) is 1.